The second kappa shape index (κ2) is 5.89. The van der Waals surface area contributed by atoms with Crippen LogP contribution in [0.5, 0.6) is 0 Å². The van der Waals surface area contributed by atoms with Crippen LogP contribution in [-0.4, -0.2) is 24.5 Å². The molecule has 6 heteroatoms. The molecule has 2 rings (SSSR count). The van der Waals surface area contributed by atoms with Gasteiger partial charge in [0.15, 0.2) is 10.4 Å². The Hall–Kier alpha value is -0.520. The third-order valence-electron chi connectivity index (χ3n) is 2.92. The van der Waals surface area contributed by atoms with Crippen molar-refractivity contribution in [2.45, 2.75) is 25.3 Å². The molecule has 96 valence electrons. The van der Waals surface area contributed by atoms with E-state index in [9.17, 15) is 4.79 Å². The Morgan fingerprint density at radius 2 is 2.12 bits per heavy atom. The first-order valence-corrected chi connectivity index (χ1v) is 6.17. The number of furan rings is 1. The molecule has 1 amide bonds. The van der Waals surface area contributed by atoms with Gasteiger partial charge in [0.25, 0.3) is 5.91 Å². The van der Waals surface area contributed by atoms with E-state index in [1.54, 1.807) is 12.1 Å². The van der Waals surface area contributed by atoms with Crippen molar-refractivity contribution >= 4 is 34.2 Å². The lowest BCUT2D eigenvalue weighted by Gasteiger charge is -2.34. The summed E-state index contributed by atoms with van der Waals surface area (Å²) in [6.45, 7) is 3.96. The first-order chi connectivity index (χ1) is 7.59. The minimum atomic E-state index is -0.143. The molecule has 1 saturated heterocycles. The van der Waals surface area contributed by atoms with Crippen molar-refractivity contribution in [2.75, 3.05) is 13.1 Å². The molecule has 1 aliphatic rings. The minimum absolute atomic E-state index is 0. The Morgan fingerprint density at radius 1 is 1.47 bits per heavy atom. The van der Waals surface area contributed by atoms with Crippen LogP contribution < -0.4 is 10.6 Å². The lowest BCUT2D eigenvalue weighted by atomic mass is 9.90. The fourth-order valence-electron chi connectivity index (χ4n) is 1.88. The zero-order chi connectivity index (χ0) is 11.6. The molecule has 0 atom stereocenters. The molecule has 0 radical (unpaired) electrons. The van der Waals surface area contributed by atoms with Crippen LogP contribution in [0, 0.1) is 0 Å². The van der Waals surface area contributed by atoms with Gasteiger partial charge in [-0.3, -0.25) is 4.79 Å². The standard InChI is InChI=1S/C11H15BrN2O2.ClH/c1-11(4-6-13-7-5-11)14-10(15)8-2-3-9(12)16-8;/h2-3,13H,4-7H2,1H3,(H,14,15);1H. The van der Waals surface area contributed by atoms with Crippen molar-refractivity contribution in [3.8, 4) is 0 Å². The maximum Gasteiger partial charge on any atom is 0.287 e. The number of hydrogen-bond acceptors (Lipinski definition) is 3. The van der Waals surface area contributed by atoms with E-state index in [2.05, 4.69) is 33.5 Å². The van der Waals surface area contributed by atoms with Gasteiger partial charge in [0.05, 0.1) is 0 Å². The van der Waals surface area contributed by atoms with E-state index < -0.39 is 0 Å². The maximum atomic E-state index is 11.9. The summed E-state index contributed by atoms with van der Waals surface area (Å²) in [4.78, 5) is 11.9. The number of nitrogens with one attached hydrogen (secondary N) is 2. The highest BCUT2D eigenvalue weighted by atomic mass is 79.9. The summed E-state index contributed by atoms with van der Waals surface area (Å²) < 4.78 is 5.80. The molecule has 4 nitrogen and oxygen atoms in total. The number of hydrogen-bond donors (Lipinski definition) is 2. The van der Waals surface area contributed by atoms with Gasteiger partial charge in [-0.25, -0.2) is 0 Å². The third kappa shape index (κ3) is 3.72. The molecule has 1 aromatic heterocycles. The SMILES string of the molecule is CC1(NC(=O)c2ccc(Br)o2)CCNCC1.Cl. The summed E-state index contributed by atoms with van der Waals surface area (Å²) in [7, 11) is 0. The largest absolute Gasteiger partial charge is 0.444 e. The fraction of sp³-hybridized carbons (Fsp3) is 0.545. The van der Waals surface area contributed by atoms with Gasteiger partial charge in [-0.15, -0.1) is 12.4 Å². The number of rotatable bonds is 2. The highest BCUT2D eigenvalue weighted by Gasteiger charge is 2.29. The lowest BCUT2D eigenvalue weighted by molar-refractivity contribution is 0.0857. The predicted octanol–water partition coefficient (Wildman–Crippen LogP) is 2.34. The zero-order valence-electron chi connectivity index (χ0n) is 9.59. The van der Waals surface area contributed by atoms with Gasteiger partial charge in [0, 0.05) is 5.54 Å². The maximum absolute atomic E-state index is 11.9. The van der Waals surface area contributed by atoms with Crippen LogP contribution in [0.25, 0.3) is 0 Å². The van der Waals surface area contributed by atoms with Crippen molar-refractivity contribution in [3.05, 3.63) is 22.6 Å². The highest BCUT2D eigenvalue weighted by molar-refractivity contribution is 9.10. The molecule has 0 aromatic carbocycles. The predicted molar refractivity (Wildman–Crippen MR) is 71.6 cm³/mol. The van der Waals surface area contributed by atoms with E-state index >= 15 is 0 Å². The highest BCUT2D eigenvalue weighted by Crippen LogP contribution is 2.19. The monoisotopic (exact) mass is 322 g/mol. The molecule has 1 fully saturated rings. The van der Waals surface area contributed by atoms with Crippen LogP contribution >= 0.6 is 28.3 Å². The molecular weight excluding hydrogens is 307 g/mol. The van der Waals surface area contributed by atoms with Crippen molar-refractivity contribution in [2.24, 2.45) is 0 Å². The summed E-state index contributed by atoms with van der Waals surface area (Å²) in [5.74, 6) is 0.210. The molecule has 2 heterocycles. The lowest BCUT2D eigenvalue weighted by Crippen LogP contribution is -2.52. The van der Waals surface area contributed by atoms with Crippen molar-refractivity contribution in [1.82, 2.24) is 10.6 Å². The smallest absolute Gasteiger partial charge is 0.287 e. The Balaban J connectivity index is 0.00000144. The van der Waals surface area contributed by atoms with Crippen molar-refractivity contribution in [3.63, 3.8) is 0 Å². The summed E-state index contributed by atoms with van der Waals surface area (Å²) in [5.41, 5.74) is -0.123. The molecule has 0 unspecified atom stereocenters. The minimum Gasteiger partial charge on any atom is -0.444 e. The summed E-state index contributed by atoms with van der Waals surface area (Å²) in [6.07, 6.45) is 1.89. The van der Waals surface area contributed by atoms with E-state index in [1.807, 2.05) is 0 Å². The van der Waals surface area contributed by atoms with Gasteiger partial charge in [-0.05, 0) is 60.9 Å². The molecule has 1 aliphatic heterocycles. The number of amides is 1. The van der Waals surface area contributed by atoms with E-state index in [0.717, 1.165) is 25.9 Å². The van der Waals surface area contributed by atoms with Crippen LogP contribution in [0.4, 0.5) is 0 Å². The van der Waals surface area contributed by atoms with Crippen LogP contribution in [0.3, 0.4) is 0 Å². The summed E-state index contributed by atoms with van der Waals surface area (Å²) in [5, 5.41) is 6.31. The molecule has 0 bridgehead atoms. The van der Waals surface area contributed by atoms with Crippen LogP contribution in [0.2, 0.25) is 0 Å². The quantitative estimate of drug-likeness (QED) is 0.878. The van der Waals surface area contributed by atoms with Gasteiger partial charge < -0.3 is 15.1 Å². The Morgan fingerprint density at radius 3 is 2.65 bits per heavy atom. The second-order valence-electron chi connectivity index (χ2n) is 4.37. The normalized spacial score (nSPS) is 18.2. The van der Waals surface area contributed by atoms with Crippen LogP contribution in [0.1, 0.15) is 30.3 Å². The van der Waals surface area contributed by atoms with Crippen LogP contribution in [-0.2, 0) is 0 Å². The van der Waals surface area contributed by atoms with E-state index in [4.69, 9.17) is 4.42 Å². The number of halogens is 2. The Bertz CT molecular complexity index is 389. The second-order valence-corrected chi connectivity index (χ2v) is 5.15. The molecule has 0 saturated carbocycles. The van der Waals surface area contributed by atoms with Crippen molar-refractivity contribution < 1.29 is 9.21 Å². The molecule has 2 N–H and O–H groups in total. The van der Waals surface area contributed by atoms with Crippen molar-refractivity contribution in [1.29, 1.82) is 0 Å². The first kappa shape index (κ1) is 14.5. The van der Waals surface area contributed by atoms with Gasteiger partial charge in [0.2, 0.25) is 0 Å². The average molecular weight is 324 g/mol. The zero-order valence-corrected chi connectivity index (χ0v) is 12.0. The number of carbonyl (C=O) groups is 1. The molecule has 0 spiro atoms. The van der Waals surface area contributed by atoms with E-state index in [1.165, 1.54) is 0 Å². The van der Waals surface area contributed by atoms with Crippen LogP contribution in [0.15, 0.2) is 21.2 Å². The van der Waals surface area contributed by atoms with Gasteiger partial charge in [0.1, 0.15) is 0 Å². The molecular formula is C11H16BrClN2O2. The topological polar surface area (TPSA) is 54.3 Å². The Labute approximate surface area is 115 Å². The number of carbonyl (C=O) groups excluding carboxylic acids is 1. The first-order valence-electron chi connectivity index (χ1n) is 5.38. The van der Waals surface area contributed by atoms with E-state index in [0.29, 0.717) is 10.4 Å². The number of piperidine rings is 1. The summed E-state index contributed by atoms with van der Waals surface area (Å²) >= 11 is 3.18. The Kier molecular flexibility index (Phi) is 5.04. The molecule has 17 heavy (non-hydrogen) atoms. The fourth-order valence-corrected chi connectivity index (χ4v) is 2.18. The van der Waals surface area contributed by atoms with Gasteiger partial charge in [-0.1, -0.05) is 0 Å². The summed E-state index contributed by atoms with van der Waals surface area (Å²) in [6, 6.07) is 3.39. The molecule has 1 aromatic rings. The van der Waals surface area contributed by atoms with Gasteiger partial charge >= 0.3 is 0 Å². The van der Waals surface area contributed by atoms with E-state index in [-0.39, 0.29) is 23.9 Å². The molecule has 0 aliphatic carbocycles. The average Bonchev–Trinajstić information content (AvgIpc) is 2.65. The third-order valence-corrected chi connectivity index (χ3v) is 3.35. The van der Waals surface area contributed by atoms with Gasteiger partial charge in [-0.2, -0.15) is 0 Å².